The Hall–Kier alpha value is -2.12. The van der Waals surface area contributed by atoms with Crippen molar-refractivity contribution in [3.05, 3.63) is 35.2 Å². The summed E-state index contributed by atoms with van der Waals surface area (Å²) in [6.07, 6.45) is 2.28. The fourth-order valence-electron chi connectivity index (χ4n) is 3.72. The molecule has 0 radical (unpaired) electrons. The molecule has 1 aromatic carbocycles. The third kappa shape index (κ3) is 4.09. The van der Waals surface area contributed by atoms with Crippen molar-refractivity contribution < 1.29 is 9.26 Å². The Kier molecular flexibility index (Phi) is 5.31. The van der Waals surface area contributed by atoms with E-state index in [4.69, 9.17) is 25.9 Å². The zero-order valence-corrected chi connectivity index (χ0v) is 16.2. The summed E-state index contributed by atoms with van der Waals surface area (Å²) >= 11 is 6.03. The first-order valence-electron chi connectivity index (χ1n) is 9.37. The lowest BCUT2D eigenvalue weighted by Crippen LogP contribution is -2.41. The quantitative estimate of drug-likeness (QED) is 0.640. The molecule has 2 aliphatic rings. The maximum atomic E-state index is 6.03. The van der Waals surface area contributed by atoms with Crippen molar-refractivity contribution in [3.63, 3.8) is 0 Å². The minimum atomic E-state index is 0.292. The Morgan fingerprint density at radius 1 is 1.41 bits per heavy atom. The van der Waals surface area contributed by atoms with Gasteiger partial charge in [0.15, 0.2) is 5.96 Å². The third-order valence-electron chi connectivity index (χ3n) is 5.17. The first-order valence-corrected chi connectivity index (χ1v) is 9.75. The zero-order valence-electron chi connectivity index (χ0n) is 15.4. The number of aliphatic imine (C=N–C) groups is 1. The van der Waals surface area contributed by atoms with Crippen LogP contribution in [0.15, 0.2) is 33.8 Å². The second-order valence-electron chi connectivity index (χ2n) is 7.17. The molecule has 1 unspecified atom stereocenters. The van der Waals surface area contributed by atoms with Gasteiger partial charge in [-0.2, -0.15) is 4.98 Å². The molecular weight excluding hydrogens is 366 g/mol. The molecule has 2 fully saturated rings. The summed E-state index contributed by atoms with van der Waals surface area (Å²) in [6.45, 7) is 6.94. The number of hydrogen-bond donors (Lipinski definition) is 1. The molecule has 144 valence electrons. The second kappa shape index (κ2) is 7.86. The first kappa shape index (κ1) is 18.3. The molecule has 0 aliphatic carbocycles. The minimum Gasteiger partial charge on any atom is -0.381 e. The number of benzene rings is 1. The fraction of sp³-hybridized carbons (Fsp3) is 0.526. The molecule has 3 heterocycles. The lowest BCUT2D eigenvalue weighted by molar-refractivity contribution is 0.156. The summed E-state index contributed by atoms with van der Waals surface area (Å²) in [7, 11) is 0. The Balaban J connectivity index is 1.45. The Morgan fingerprint density at radius 3 is 3.11 bits per heavy atom. The average molecular weight is 390 g/mol. The molecule has 2 aromatic rings. The molecular formula is C19H24ClN5O2. The van der Waals surface area contributed by atoms with Crippen LogP contribution in [0.5, 0.6) is 0 Å². The molecule has 1 N–H and O–H groups in total. The van der Waals surface area contributed by atoms with Crippen LogP contribution in [-0.4, -0.2) is 53.8 Å². The number of nitrogens with zero attached hydrogens (tertiary/aromatic N) is 4. The number of nitrogens with one attached hydrogen (secondary N) is 1. The third-order valence-corrected chi connectivity index (χ3v) is 5.41. The van der Waals surface area contributed by atoms with Gasteiger partial charge in [-0.1, -0.05) is 28.9 Å². The van der Waals surface area contributed by atoms with Crippen LogP contribution in [0.4, 0.5) is 0 Å². The van der Waals surface area contributed by atoms with Crippen molar-refractivity contribution in [1.29, 1.82) is 0 Å². The smallest absolute Gasteiger partial charge is 0.248 e. The van der Waals surface area contributed by atoms with E-state index in [0.717, 1.165) is 57.2 Å². The highest BCUT2D eigenvalue weighted by molar-refractivity contribution is 6.30. The minimum absolute atomic E-state index is 0.292. The summed E-state index contributed by atoms with van der Waals surface area (Å²) in [5, 5.41) is 8.06. The van der Waals surface area contributed by atoms with Crippen molar-refractivity contribution >= 4 is 17.6 Å². The van der Waals surface area contributed by atoms with E-state index in [1.807, 2.05) is 24.3 Å². The molecule has 2 aliphatic heterocycles. The normalized spacial score (nSPS) is 22.7. The van der Waals surface area contributed by atoms with Gasteiger partial charge in [-0.3, -0.25) is 0 Å². The number of aromatic nitrogens is 2. The number of ether oxygens (including phenoxy) is 1. The van der Waals surface area contributed by atoms with Crippen LogP contribution in [0.3, 0.4) is 0 Å². The van der Waals surface area contributed by atoms with E-state index in [1.165, 1.54) is 0 Å². The maximum Gasteiger partial charge on any atom is 0.248 e. The van der Waals surface area contributed by atoms with E-state index >= 15 is 0 Å². The Bertz CT molecular complexity index is 816. The SMILES string of the molecule is CCNC(=NCc1nc(-c2cccc(Cl)c2)no1)N1CCC2(CCOC2)C1. The van der Waals surface area contributed by atoms with Crippen LogP contribution in [0.2, 0.25) is 5.02 Å². The molecule has 1 spiro atoms. The predicted octanol–water partition coefficient (Wildman–Crippen LogP) is 2.97. The standard InChI is InChI=1S/C19H24ClN5O2/c1-2-21-18(25-8-6-19(12-25)7-9-26-13-19)22-11-16-23-17(24-27-16)14-4-3-5-15(20)10-14/h3-5,10H,2,6-9,11-13H2,1H3,(H,21,22). The Morgan fingerprint density at radius 2 is 2.33 bits per heavy atom. The number of halogens is 1. The molecule has 2 saturated heterocycles. The van der Waals surface area contributed by atoms with Gasteiger partial charge in [0.25, 0.3) is 0 Å². The number of hydrogen-bond acceptors (Lipinski definition) is 5. The van der Waals surface area contributed by atoms with E-state index < -0.39 is 0 Å². The number of likely N-dealkylation sites (tertiary alicyclic amines) is 1. The van der Waals surface area contributed by atoms with Crippen LogP contribution in [0, 0.1) is 5.41 Å². The summed E-state index contributed by atoms with van der Waals surface area (Å²) in [6, 6.07) is 7.40. The van der Waals surface area contributed by atoms with Gasteiger partial charge in [0.2, 0.25) is 11.7 Å². The topological polar surface area (TPSA) is 75.8 Å². The molecule has 0 amide bonds. The monoisotopic (exact) mass is 389 g/mol. The highest BCUT2D eigenvalue weighted by atomic mass is 35.5. The highest BCUT2D eigenvalue weighted by Gasteiger charge is 2.42. The van der Waals surface area contributed by atoms with E-state index in [0.29, 0.717) is 28.7 Å². The van der Waals surface area contributed by atoms with Gasteiger partial charge in [-0.15, -0.1) is 0 Å². The van der Waals surface area contributed by atoms with E-state index in [1.54, 1.807) is 0 Å². The van der Waals surface area contributed by atoms with Gasteiger partial charge in [-0.25, -0.2) is 4.99 Å². The summed E-state index contributed by atoms with van der Waals surface area (Å²) < 4.78 is 11.0. The van der Waals surface area contributed by atoms with Gasteiger partial charge >= 0.3 is 0 Å². The summed E-state index contributed by atoms with van der Waals surface area (Å²) in [5.41, 5.74) is 1.12. The zero-order chi connectivity index (χ0) is 18.7. The lowest BCUT2D eigenvalue weighted by Gasteiger charge is -2.24. The summed E-state index contributed by atoms with van der Waals surface area (Å²) in [4.78, 5) is 11.5. The highest BCUT2D eigenvalue weighted by Crippen LogP contribution is 2.38. The van der Waals surface area contributed by atoms with Crippen molar-refractivity contribution in [2.45, 2.75) is 26.3 Å². The molecule has 4 rings (SSSR count). The van der Waals surface area contributed by atoms with Gasteiger partial charge in [-0.05, 0) is 31.9 Å². The van der Waals surface area contributed by atoms with Gasteiger partial charge < -0.3 is 19.5 Å². The van der Waals surface area contributed by atoms with Crippen LogP contribution in [-0.2, 0) is 11.3 Å². The van der Waals surface area contributed by atoms with Crippen LogP contribution in [0.25, 0.3) is 11.4 Å². The maximum absolute atomic E-state index is 6.03. The molecule has 0 saturated carbocycles. The van der Waals surface area contributed by atoms with Crippen LogP contribution < -0.4 is 5.32 Å². The Labute approximate surface area is 163 Å². The van der Waals surface area contributed by atoms with Crippen molar-refractivity contribution in [2.75, 3.05) is 32.8 Å². The predicted molar refractivity (Wildman–Crippen MR) is 104 cm³/mol. The van der Waals surface area contributed by atoms with Gasteiger partial charge in [0.1, 0.15) is 6.54 Å². The first-order chi connectivity index (χ1) is 13.2. The van der Waals surface area contributed by atoms with E-state index in [9.17, 15) is 0 Å². The van der Waals surface area contributed by atoms with Gasteiger partial charge in [0.05, 0.1) is 6.61 Å². The van der Waals surface area contributed by atoms with Crippen molar-refractivity contribution in [1.82, 2.24) is 20.4 Å². The van der Waals surface area contributed by atoms with Crippen molar-refractivity contribution in [3.8, 4) is 11.4 Å². The molecule has 0 bridgehead atoms. The molecule has 1 aromatic heterocycles. The average Bonchev–Trinajstić information content (AvgIpc) is 3.41. The lowest BCUT2D eigenvalue weighted by atomic mass is 9.87. The summed E-state index contributed by atoms with van der Waals surface area (Å²) in [5.74, 6) is 1.90. The van der Waals surface area contributed by atoms with Crippen molar-refractivity contribution in [2.24, 2.45) is 10.4 Å². The number of rotatable bonds is 4. The number of guanidine groups is 1. The van der Waals surface area contributed by atoms with Crippen LogP contribution >= 0.6 is 11.6 Å². The molecule has 27 heavy (non-hydrogen) atoms. The van der Waals surface area contributed by atoms with Crippen LogP contribution in [0.1, 0.15) is 25.7 Å². The van der Waals surface area contributed by atoms with E-state index in [2.05, 4.69) is 27.3 Å². The fourth-order valence-corrected chi connectivity index (χ4v) is 3.91. The molecule has 8 heteroatoms. The van der Waals surface area contributed by atoms with Gasteiger partial charge in [0, 0.05) is 42.2 Å². The largest absolute Gasteiger partial charge is 0.381 e. The van der Waals surface area contributed by atoms with E-state index in [-0.39, 0.29) is 0 Å². The second-order valence-corrected chi connectivity index (χ2v) is 7.60. The molecule has 7 nitrogen and oxygen atoms in total. The molecule has 1 atom stereocenters.